The lowest BCUT2D eigenvalue weighted by molar-refractivity contribution is 0.0971. The quantitative estimate of drug-likeness (QED) is 0.492. The van der Waals surface area contributed by atoms with Crippen LogP contribution in [0.2, 0.25) is 0 Å². The van der Waals surface area contributed by atoms with Crippen LogP contribution in [0.5, 0.6) is 0 Å². The second-order valence-corrected chi connectivity index (χ2v) is 3.91. The summed E-state index contributed by atoms with van der Waals surface area (Å²) in [6, 6.07) is 0. The third-order valence-corrected chi connectivity index (χ3v) is 2.78. The Morgan fingerprint density at radius 3 is 2.87 bits per heavy atom. The van der Waals surface area contributed by atoms with Crippen molar-refractivity contribution < 1.29 is 4.79 Å². The zero-order chi connectivity index (χ0) is 11.3. The smallest absolute Gasteiger partial charge is 0.312 e. The molecular weight excluding hydrogens is 260 g/mol. The number of unbranched alkanes of at least 4 members (excludes halogenated alkanes) is 2. The van der Waals surface area contributed by atoms with Crippen molar-refractivity contribution in [2.45, 2.75) is 38.1 Å². The Morgan fingerprint density at radius 2 is 2.27 bits per heavy atom. The Balaban J connectivity index is 2.69. The van der Waals surface area contributed by atoms with Gasteiger partial charge in [-0.2, -0.15) is 0 Å². The van der Waals surface area contributed by atoms with Crippen LogP contribution in [0.3, 0.4) is 0 Å². The molecule has 0 amide bonds. The Labute approximate surface area is 96.8 Å². The van der Waals surface area contributed by atoms with E-state index in [0.717, 1.165) is 19.3 Å². The molecule has 0 aliphatic carbocycles. The molecule has 0 saturated carbocycles. The highest BCUT2D eigenvalue weighted by molar-refractivity contribution is 9.08. The highest BCUT2D eigenvalue weighted by Crippen LogP contribution is 2.07. The number of nitrogens with zero attached hydrogens (tertiary/aromatic N) is 1. The van der Waals surface area contributed by atoms with Gasteiger partial charge in [0.05, 0.1) is 5.45 Å². The number of hydrogen-bond acceptors (Lipinski definition) is 2. The second kappa shape index (κ2) is 5.90. The summed E-state index contributed by atoms with van der Waals surface area (Å²) in [7, 11) is 0. The van der Waals surface area contributed by atoms with Gasteiger partial charge in [-0.15, -0.1) is 0 Å². The Hall–Kier alpha value is -0.840. The first-order valence-corrected chi connectivity index (χ1v) is 6.20. The van der Waals surface area contributed by atoms with Crippen LogP contribution in [0.4, 0.5) is 0 Å². The van der Waals surface area contributed by atoms with E-state index >= 15 is 0 Å². The van der Waals surface area contributed by atoms with Gasteiger partial charge in [0.2, 0.25) is 0 Å². The molecule has 1 aromatic heterocycles. The lowest BCUT2D eigenvalue weighted by Crippen LogP contribution is -2.18. The minimum atomic E-state index is -0.245. The summed E-state index contributed by atoms with van der Waals surface area (Å²) in [6.45, 7) is 2.09. The maximum atomic E-state index is 11.7. The number of rotatable bonds is 6. The molecule has 0 unspecified atom stereocenters. The summed E-state index contributed by atoms with van der Waals surface area (Å²) in [4.78, 5) is 25.5. The lowest BCUT2D eigenvalue weighted by Gasteiger charge is -2.01. The van der Waals surface area contributed by atoms with Crippen LogP contribution in [0, 0.1) is 0 Å². The van der Waals surface area contributed by atoms with Crippen LogP contribution >= 0.6 is 15.9 Å². The zero-order valence-electron chi connectivity index (χ0n) is 8.75. The molecule has 0 atom stereocenters. The van der Waals surface area contributed by atoms with Gasteiger partial charge >= 0.3 is 5.69 Å². The summed E-state index contributed by atoms with van der Waals surface area (Å²) < 4.78 is 1.40. The number of alkyl halides is 1. The van der Waals surface area contributed by atoms with Crippen molar-refractivity contribution in [3.05, 3.63) is 22.4 Å². The standard InChI is InChI=1S/C10H15BrN2O2/c1-2-3-4-5-9(14)8-6-12-10(15)13(8)7-11/h6H,2-5,7H2,1H3,(H,12,15). The van der Waals surface area contributed by atoms with Gasteiger partial charge in [-0.1, -0.05) is 35.7 Å². The molecule has 5 heteroatoms. The van der Waals surface area contributed by atoms with E-state index in [2.05, 4.69) is 27.8 Å². The number of hydrogen-bond donors (Lipinski definition) is 1. The third-order valence-electron chi connectivity index (χ3n) is 2.28. The predicted octanol–water partition coefficient (Wildman–Crippen LogP) is 2.29. The summed E-state index contributed by atoms with van der Waals surface area (Å²) in [5.74, 6) is 0.0289. The molecule has 0 fully saturated rings. The number of carbonyl (C=O) groups is 1. The fourth-order valence-electron chi connectivity index (χ4n) is 1.41. The van der Waals surface area contributed by atoms with Crippen LogP contribution in [0.15, 0.2) is 11.0 Å². The number of Topliss-reactive ketones (excluding diaryl/α,β-unsaturated/α-hetero) is 1. The van der Waals surface area contributed by atoms with E-state index in [9.17, 15) is 9.59 Å². The second-order valence-electron chi connectivity index (χ2n) is 3.41. The normalized spacial score (nSPS) is 10.5. The topological polar surface area (TPSA) is 54.9 Å². The van der Waals surface area contributed by atoms with Gasteiger partial charge < -0.3 is 4.98 Å². The van der Waals surface area contributed by atoms with E-state index in [0.29, 0.717) is 17.6 Å². The van der Waals surface area contributed by atoms with Crippen molar-refractivity contribution in [3.63, 3.8) is 0 Å². The van der Waals surface area contributed by atoms with Crippen molar-refractivity contribution in [2.24, 2.45) is 0 Å². The van der Waals surface area contributed by atoms with Gasteiger partial charge in [-0.05, 0) is 6.42 Å². The number of nitrogens with one attached hydrogen (secondary N) is 1. The highest BCUT2D eigenvalue weighted by Gasteiger charge is 2.12. The van der Waals surface area contributed by atoms with Crippen molar-refractivity contribution in [2.75, 3.05) is 0 Å². The molecule has 1 aromatic rings. The van der Waals surface area contributed by atoms with E-state index < -0.39 is 0 Å². The average Bonchev–Trinajstić information content (AvgIpc) is 2.59. The number of carbonyl (C=O) groups excluding carboxylic acids is 1. The van der Waals surface area contributed by atoms with Gasteiger partial charge in [0.1, 0.15) is 5.69 Å². The number of H-pyrrole nitrogens is 1. The molecule has 0 radical (unpaired) electrons. The lowest BCUT2D eigenvalue weighted by atomic mass is 10.1. The van der Waals surface area contributed by atoms with Gasteiger partial charge in [-0.3, -0.25) is 9.36 Å². The first-order chi connectivity index (χ1) is 7.20. The number of aromatic amines is 1. The number of ketones is 1. The molecular formula is C10H15BrN2O2. The molecule has 4 nitrogen and oxygen atoms in total. The molecule has 0 aromatic carbocycles. The molecule has 0 aliphatic heterocycles. The zero-order valence-corrected chi connectivity index (χ0v) is 10.3. The monoisotopic (exact) mass is 274 g/mol. The molecule has 15 heavy (non-hydrogen) atoms. The van der Waals surface area contributed by atoms with Crippen molar-refractivity contribution in [1.29, 1.82) is 0 Å². The van der Waals surface area contributed by atoms with E-state index in [1.165, 1.54) is 10.8 Å². The van der Waals surface area contributed by atoms with Crippen LogP contribution in [0.1, 0.15) is 43.1 Å². The Morgan fingerprint density at radius 1 is 1.53 bits per heavy atom. The van der Waals surface area contributed by atoms with Crippen LogP contribution in [0.25, 0.3) is 0 Å². The molecule has 1 N–H and O–H groups in total. The number of imidazole rings is 1. The third kappa shape index (κ3) is 3.06. The first-order valence-electron chi connectivity index (χ1n) is 5.08. The van der Waals surface area contributed by atoms with Crippen molar-refractivity contribution in [1.82, 2.24) is 9.55 Å². The van der Waals surface area contributed by atoms with Gasteiger partial charge in [-0.25, -0.2) is 4.79 Å². The molecule has 0 bridgehead atoms. The molecule has 1 rings (SSSR count). The van der Waals surface area contributed by atoms with Crippen LogP contribution in [-0.2, 0) is 5.45 Å². The predicted molar refractivity (Wildman–Crippen MR) is 62.5 cm³/mol. The first kappa shape index (κ1) is 12.2. The summed E-state index contributed by atoms with van der Waals surface area (Å²) >= 11 is 3.18. The number of halogens is 1. The van der Waals surface area contributed by atoms with E-state index in [1.807, 2.05) is 0 Å². The molecule has 84 valence electrons. The van der Waals surface area contributed by atoms with Crippen LogP contribution in [-0.4, -0.2) is 15.3 Å². The van der Waals surface area contributed by atoms with E-state index in [1.54, 1.807) is 0 Å². The largest absolute Gasteiger partial charge is 0.326 e. The average molecular weight is 275 g/mol. The minimum Gasteiger partial charge on any atom is -0.312 e. The Bertz CT molecular complexity index is 381. The van der Waals surface area contributed by atoms with E-state index in [4.69, 9.17) is 0 Å². The van der Waals surface area contributed by atoms with Crippen LogP contribution < -0.4 is 5.69 Å². The molecule has 1 heterocycles. The summed E-state index contributed by atoms with van der Waals surface area (Å²) in [6.07, 6.45) is 5.02. The van der Waals surface area contributed by atoms with Crippen molar-refractivity contribution >= 4 is 21.7 Å². The molecule has 0 aliphatic rings. The molecule has 0 saturated heterocycles. The highest BCUT2D eigenvalue weighted by atomic mass is 79.9. The molecule has 0 spiro atoms. The maximum absolute atomic E-state index is 11.7. The van der Waals surface area contributed by atoms with Gasteiger partial charge in [0, 0.05) is 12.6 Å². The minimum absolute atomic E-state index is 0.0289. The van der Waals surface area contributed by atoms with E-state index in [-0.39, 0.29) is 11.5 Å². The van der Waals surface area contributed by atoms with Gasteiger partial charge in [0.25, 0.3) is 0 Å². The Kier molecular flexibility index (Phi) is 4.81. The fourth-order valence-corrected chi connectivity index (χ4v) is 1.91. The maximum Gasteiger partial charge on any atom is 0.326 e. The number of aromatic nitrogens is 2. The fraction of sp³-hybridized carbons (Fsp3) is 0.600. The summed E-state index contributed by atoms with van der Waals surface area (Å²) in [5.41, 5.74) is 0.572. The van der Waals surface area contributed by atoms with Gasteiger partial charge in [0.15, 0.2) is 5.78 Å². The summed E-state index contributed by atoms with van der Waals surface area (Å²) in [5, 5.41) is 0. The SMILES string of the molecule is CCCCCC(=O)c1c[nH]c(=O)n1CBr. The van der Waals surface area contributed by atoms with Crippen molar-refractivity contribution in [3.8, 4) is 0 Å².